The first kappa shape index (κ1) is 11.2. The molecule has 2 aliphatic carbocycles. The minimum absolute atomic E-state index is 0.156. The lowest BCUT2D eigenvalue weighted by Gasteiger charge is -2.41. The number of rotatable bonds is 5. The first-order valence-corrected chi connectivity index (χ1v) is 6.67. The predicted octanol–water partition coefficient (Wildman–Crippen LogP) is 2.49. The van der Waals surface area contributed by atoms with E-state index < -0.39 is 0 Å². The Morgan fingerprint density at radius 3 is 2.82 bits per heavy atom. The number of hydrogen-bond acceptors (Lipinski definition) is 2. The van der Waals surface area contributed by atoms with Gasteiger partial charge in [-0.3, -0.25) is 0 Å². The fraction of sp³-hybridized carbons (Fsp3) is 0.600. The van der Waals surface area contributed by atoms with Crippen molar-refractivity contribution >= 4 is 0 Å². The summed E-state index contributed by atoms with van der Waals surface area (Å²) < 4.78 is 5.61. The summed E-state index contributed by atoms with van der Waals surface area (Å²) in [6.07, 6.45) is 5.00. The Labute approximate surface area is 103 Å². The average Bonchev–Trinajstić information content (AvgIpc) is 2.28. The van der Waals surface area contributed by atoms with Crippen molar-refractivity contribution in [1.82, 2.24) is 5.32 Å². The molecule has 0 amide bonds. The van der Waals surface area contributed by atoms with E-state index in [-0.39, 0.29) is 5.60 Å². The molecule has 1 aromatic carbocycles. The molecule has 1 aromatic rings. The quantitative estimate of drug-likeness (QED) is 0.840. The Balaban J connectivity index is 1.48. The highest BCUT2D eigenvalue weighted by Gasteiger charge is 2.37. The van der Waals surface area contributed by atoms with Crippen molar-refractivity contribution < 1.29 is 4.74 Å². The van der Waals surface area contributed by atoms with E-state index in [0.29, 0.717) is 0 Å². The number of nitrogens with one attached hydrogen (secondary N) is 1. The van der Waals surface area contributed by atoms with E-state index in [1.807, 2.05) is 7.11 Å². The van der Waals surface area contributed by atoms with Crippen molar-refractivity contribution in [3.63, 3.8) is 0 Å². The second-order valence-corrected chi connectivity index (χ2v) is 5.47. The second-order valence-electron chi connectivity index (χ2n) is 5.47. The fourth-order valence-corrected chi connectivity index (χ4v) is 3.04. The van der Waals surface area contributed by atoms with Gasteiger partial charge in [-0.2, -0.15) is 0 Å². The monoisotopic (exact) mass is 231 g/mol. The minimum atomic E-state index is 0.156. The van der Waals surface area contributed by atoms with Crippen LogP contribution in [0.1, 0.15) is 36.3 Å². The molecule has 0 aliphatic heterocycles. The van der Waals surface area contributed by atoms with Gasteiger partial charge in [-0.1, -0.05) is 24.3 Å². The van der Waals surface area contributed by atoms with Crippen LogP contribution in [-0.4, -0.2) is 25.8 Å². The first-order chi connectivity index (χ1) is 8.33. The summed E-state index contributed by atoms with van der Waals surface area (Å²) in [5.74, 6) is 0.722. The standard InChI is InChI=1S/C15H21NO/c1-17-15(7-4-8-15)11-16-10-13-9-12-5-2-3-6-14(12)13/h2-3,5-6,13,16H,4,7-11H2,1H3. The van der Waals surface area contributed by atoms with E-state index in [2.05, 4.69) is 29.6 Å². The van der Waals surface area contributed by atoms with Gasteiger partial charge in [0.1, 0.15) is 0 Å². The lowest BCUT2D eigenvalue weighted by atomic mass is 9.77. The molecule has 1 unspecified atom stereocenters. The van der Waals surface area contributed by atoms with Gasteiger partial charge in [-0.05, 0) is 36.8 Å². The van der Waals surface area contributed by atoms with Crippen molar-refractivity contribution in [3.05, 3.63) is 35.4 Å². The lowest BCUT2D eigenvalue weighted by Crippen LogP contribution is -2.49. The van der Waals surface area contributed by atoms with Crippen molar-refractivity contribution in [2.75, 3.05) is 20.2 Å². The summed E-state index contributed by atoms with van der Waals surface area (Å²) >= 11 is 0. The Morgan fingerprint density at radius 1 is 1.35 bits per heavy atom. The van der Waals surface area contributed by atoms with E-state index in [9.17, 15) is 0 Å². The fourth-order valence-electron chi connectivity index (χ4n) is 3.04. The summed E-state index contributed by atoms with van der Waals surface area (Å²) in [5.41, 5.74) is 3.23. The maximum atomic E-state index is 5.61. The maximum Gasteiger partial charge on any atom is 0.0802 e. The van der Waals surface area contributed by atoms with Crippen molar-refractivity contribution in [3.8, 4) is 0 Å². The Morgan fingerprint density at radius 2 is 2.18 bits per heavy atom. The number of fused-ring (bicyclic) bond motifs is 1. The van der Waals surface area contributed by atoms with Gasteiger partial charge in [-0.25, -0.2) is 0 Å². The summed E-state index contributed by atoms with van der Waals surface area (Å²) in [4.78, 5) is 0. The number of hydrogen-bond donors (Lipinski definition) is 1. The maximum absolute atomic E-state index is 5.61. The molecule has 1 N–H and O–H groups in total. The number of methoxy groups -OCH3 is 1. The number of benzene rings is 1. The van der Waals surface area contributed by atoms with Crippen LogP contribution < -0.4 is 5.32 Å². The molecule has 0 saturated heterocycles. The third-order valence-corrected chi connectivity index (χ3v) is 4.50. The van der Waals surface area contributed by atoms with Crippen LogP contribution in [0.4, 0.5) is 0 Å². The molecule has 0 spiro atoms. The molecule has 0 bridgehead atoms. The molecule has 0 aromatic heterocycles. The van der Waals surface area contributed by atoms with Crippen molar-refractivity contribution in [2.24, 2.45) is 0 Å². The van der Waals surface area contributed by atoms with Gasteiger partial charge < -0.3 is 10.1 Å². The summed E-state index contributed by atoms with van der Waals surface area (Å²) in [5, 5.41) is 3.60. The molecule has 2 aliphatic rings. The molecule has 2 heteroatoms. The minimum Gasteiger partial charge on any atom is -0.377 e. The van der Waals surface area contributed by atoms with Crippen LogP contribution in [-0.2, 0) is 11.2 Å². The normalized spacial score (nSPS) is 24.6. The molecule has 1 atom stereocenters. The molecule has 2 nitrogen and oxygen atoms in total. The molecule has 0 radical (unpaired) electrons. The molecule has 17 heavy (non-hydrogen) atoms. The van der Waals surface area contributed by atoms with Gasteiger partial charge in [0.2, 0.25) is 0 Å². The Bertz CT molecular complexity index is 392. The molecule has 1 saturated carbocycles. The SMILES string of the molecule is COC1(CNCC2Cc3ccccc32)CCC1. The van der Waals surface area contributed by atoms with Crippen LogP contribution in [0.2, 0.25) is 0 Å². The average molecular weight is 231 g/mol. The highest BCUT2D eigenvalue weighted by molar-refractivity contribution is 5.40. The topological polar surface area (TPSA) is 21.3 Å². The highest BCUT2D eigenvalue weighted by atomic mass is 16.5. The predicted molar refractivity (Wildman–Crippen MR) is 69.3 cm³/mol. The molecular weight excluding hydrogens is 210 g/mol. The van der Waals surface area contributed by atoms with E-state index >= 15 is 0 Å². The molecular formula is C15H21NO. The third-order valence-electron chi connectivity index (χ3n) is 4.50. The van der Waals surface area contributed by atoms with Crippen molar-refractivity contribution in [1.29, 1.82) is 0 Å². The summed E-state index contributed by atoms with van der Waals surface area (Å²) in [6, 6.07) is 8.79. The van der Waals surface area contributed by atoms with E-state index in [1.54, 1.807) is 5.56 Å². The first-order valence-electron chi connectivity index (χ1n) is 6.67. The smallest absolute Gasteiger partial charge is 0.0802 e. The molecule has 1 fully saturated rings. The molecule has 92 valence electrons. The van der Waals surface area contributed by atoms with Crippen molar-refractivity contribution in [2.45, 2.75) is 37.2 Å². The molecule has 0 heterocycles. The van der Waals surface area contributed by atoms with Crippen LogP contribution >= 0.6 is 0 Å². The third kappa shape index (κ3) is 2.00. The van der Waals surface area contributed by atoms with E-state index in [4.69, 9.17) is 4.74 Å². The molecule has 3 rings (SSSR count). The van der Waals surface area contributed by atoms with E-state index in [0.717, 1.165) is 19.0 Å². The largest absolute Gasteiger partial charge is 0.377 e. The van der Waals surface area contributed by atoms with Gasteiger partial charge in [-0.15, -0.1) is 0 Å². The number of ether oxygens (including phenoxy) is 1. The van der Waals surface area contributed by atoms with E-state index in [1.165, 1.54) is 31.2 Å². The van der Waals surface area contributed by atoms with Gasteiger partial charge in [0.15, 0.2) is 0 Å². The van der Waals surface area contributed by atoms with Crippen LogP contribution in [0.5, 0.6) is 0 Å². The van der Waals surface area contributed by atoms with Crippen LogP contribution in [0, 0.1) is 0 Å². The second kappa shape index (κ2) is 4.43. The Kier molecular flexibility index (Phi) is 2.93. The highest BCUT2D eigenvalue weighted by Crippen LogP contribution is 2.36. The van der Waals surface area contributed by atoms with Gasteiger partial charge in [0.05, 0.1) is 5.60 Å². The van der Waals surface area contributed by atoms with Crippen LogP contribution in [0.15, 0.2) is 24.3 Å². The summed E-state index contributed by atoms with van der Waals surface area (Å²) in [6.45, 7) is 2.12. The summed E-state index contributed by atoms with van der Waals surface area (Å²) in [7, 11) is 1.85. The van der Waals surface area contributed by atoms with Crippen LogP contribution in [0.25, 0.3) is 0 Å². The Hall–Kier alpha value is -0.860. The van der Waals surface area contributed by atoms with Gasteiger partial charge >= 0.3 is 0 Å². The van der Waals surface area contributed by atoms with Crippen LogP contribution in [0.3, 0.4) is 0 Å². The van der Waals surface area contributed by atoms with Gasteiger partial charge in [0.25, 0.3) is 0 Å². The lowest BCUT2D eigenvalue weighted by molar-refractivity contribution is -0.0694. The zero-order valence-electron chi connectivity index (χ0n) is 10.5. The zero-order valence-corrected chi connectivity index (χ0v) is 10.5. The van der Waals surface area contributed by atoms with Gasteiger partial charge in [0, 0.05) is 26.1 Å². The zero-order chi connectivity index (χ0) is 11.7.